The monoisotopic (exact) mass is 300 g/mol. The van der Waals surface area contributed by atoms with Crippen LogP contribution in [0.3, 0.4) is 0 Å². The molecule has 122 valence electrons. The summed E-state index contributed by atoms with van der Waals surface area (Å²) in [6, 6.07) is 0. The predicted molar refractivity (Wildman–Crippen MR) is 80.6 cm³/mol. The summed E-state index contributed by atoms with van der Waals surface area (Å²) < 4.78 is 9.92. The number of carbonyl (C=O) groups excluding carboxylic acids is 2. The first-order chi connectivity index (χ1) is 9.69. The van der Waals surface area contributed by atoms with Crippen molar-refractivity contribution in [3.63, 3.8) is 0 Å². The fourth-order valence-electron chi connectivity index (χ4n) is 1.90. The summed E-state index contributed by atoms with van der Waals surface area (Å²) in [6.07, 6.45) is 3.36. The van der Waals surface area contributed by atoms with Gasteiger partial charge in [-0.15, -0.1) is 6.58 Å². The maximum Gasteiger partial charge on any atom is 0.309 e. The van der Waals surface area contributed by atoms with E-state index in [2.05, 4.69) is 6.58 Å². The highest BCUT2D eigenvalue weighted by molar-refractivity contribution is 5.80. The van der Waals surface area contributed by atoms with Crippen LogP contribution in [0.4, 0.5) is 0 Å². The van der Waals surface area contributed by atoms with Crippen molar-refractivity contribution in [3.8, 4) is 0 Å². The van der Waals surface area contributed by atoms with Gasteiger partial charge in [0.15, 0.2) is 0 Å². The fourth-order valence-corrected chi connectivity index (χ4v) is 1.90. The van der Waals surface area contributed by atoms with Crippen LogP contribution < -0.4 is 0 Å². The predicted octanol–water partition coefficient (Wildman–Crippen LogP) is 2.61. The molecule has 5 heteroatoms. The molecule has 21 heavy (non-hydrogen) atoms. The third-order valence-corrected chi connectivity index (χ3v) is 2.92. The van der Waals surface area contributed by atoms with E-state index in [0.29, 0.717) is 19.3 Å². The van der Waals surface area contributed by atoms with Crippen molar-refractivity contribution < 1.29 is 24.2 Å². The summed E-state index contributed by atoms with van der Waals surface area (Å²) >= 11 is 0. The van der Waals surface area contributed by atoms with Crippen LogP contribution in [0.5, 0.6) is 0 Å². The highest BCUT2D eigenvalue weighted by atomic mass is 16.6. The minimum absolute atomic E-state index is 0.0296. The largest absolute Gasteiger partial charge is 0.469 e. The van der Waals surface area contributed by atoms with Gasteiger partial charge in [0, 0.05) is 0 Å². The third-order valence-electron chi connectivity index (χ3n) is 2.92. The zero-order valence-corrected chi connectivity index (χ0v) is 13.6. The van der Waals surface area contributed by atoms with E-state index in [4.69, 9.17) is 9.47 Å². The number of hydrogen-bond donors (Lipinski definition) is 1. The standard InChI is InChI=1S/C16H28O5/c1-6-7-8-13(17)10-9-12(15(19)20-5)11-14(18)21-16(2,3)4/h6,12-13,17H,1,7-11H2,2-5H3. The van der Waals surface area contributed by atoms with E-state index in [1.807, 2.05) is 0 Å². The molecule has 2 atom stereocenters. The number of esters is 2. The van der Waals surface area contributed by atoms with Crippen molar-refractivity contribution in [3.05, 3.63) is 12.7 Å². The van der Waals surface area contributed by atoms with Crippen LogP contribution in [-0.4, -0.2) is 35.9 Å². The zero-order valence-electron chi connectivity index (χ0n) is 13.6. The van der Waals surface area contributed by atoms with Crippen LogP contribution in [-0.2, 0) is 19.1 Å². The summed E-state index contributed by atoms with van der Waals surface area (Å²) in [5.41, 5.74) is -0.582. The lowest BCUT2D eigenvalue weighted by molar-refractivity contribution is -0.161. The Morgan fingerprint density at radius 2 is 1.86 bits per heavy atom. The first kappa shape index (κ1) is 19.6. The van der Waals surface area contributed by atoms with Crippen LogP contribution in [0.1, 0.15) is 52.9 Å². The highest BCUT2D eigenvalue weighted by Gasteiger charge is 2.26. The van der Waals surface area contributed by atoms with Crippen molar-refractivity contribution in [2.45, 2.75) is 64.6 Å². The van der Waals surface area contributed by atoms with Gasteiger partial charge in [0.25, 0.3) is 0 Å². The van der Waals surface area contributed by atoms with Crippen molar-refractivity contribution in [2.75, 3.05) is 7.11 Å². The smallest absolute Gasteiger partial charge is 0.309 e. The molecular weight excluding hydrogens is 272 g/mol. The van der Waals surface area contributed by atoms with Gasteiger partial charge in [-0.25, -0.2) is 0 Å². The Morgan fingerprint density at radius 1 is 1.24 bits per heavy atom. The molecule has 0 aromatic heterocycles. The molecular formula is C16H28O5. The van der Waals surface area contributed by atoms with Crippen LogP contribution in [0.25, 0.3) is 0 Å². The van der Waals surface area contributed by atoms with Crippen molar-refractivity contribution in [1.82, 2.24) is 0 Å². The summed E-state index contributed by atoms with van der Waals surface area (Å²) in [5.74, 6) is -1.46. The number of aliphatic hydroxyl groups excluding tert-OH is 1. The molecule has 0 fully saturated rings. The number of rotatable bonds is 9. The molecule has 0 bridgehead atoms. The molecule has 0 saturated carbocycles. The summed E-state index contributed by atoms with van der Waals surface area (Å²) in [6.45, 7) is 8.92. The van der Waals surface area contributed by atoms with E-state index in [0.717, 1.165) is 6.42 Å². The van der Waals surface area contributed by atoms with E-state index < -0.39 is 29.6 Å². The van der Waals surface area contributed by atoms with E-state index in [1.54, 1.807) is 26.8 Å². The van der Waals surface area contributed by atoms with Crippen molar-refractivity contribution in [2.24, 2.45) is 5.92 Å². The van der Waals surface area contributed by atoms with Gasteiger partial charge in [0.05, 0.1) is 25.6 Å². The maximum absolute atomic E-state index is 11.8. The molecule has 0 aliphatic carbocycles. The maximum atomic E-state index is 11.8. The fraction of sp³-hybridized carbons (Fsp3) is 0.750. The number of aliphatic hydroxyl groups is 1. The molecule has 0 aromatic carbocycles. The first-order valence-corrected chi connectivity index (χ1v) is 7.28. The topological polar surface area (TPSA) is 72.8 Å². The molecule has 0 radical (unpaired) electrons. The molecule has 1 N–H and O–H groups in total. The number of methoxy groups -OCH3 is 1. The second-order valence-electron chi connectivity index (χ2n) is 6.11. The summed E-state index contributed by atoms with van der Waals surface area (Å²) in [4.78, 5) is 23.5. The molecule has 0 aromatic rings. The number of carbonyl (C=O) groups is 2. The van der Waals surface area contributed by atoms with Gasteiger partial charge in [-0.1, -0.05) is 6.08 Å². The molecule has 2 unspecified atom stereocenters. The van der Waals surface area contributed by atoms with Gasteiger partial charge >= 0.3 is 11.9 Å². The lowest BCUT2D eigenvalue weighted by Gasteiger charge is -2.22. The molecule has 0 spiro atoms. The van der Waals surface area contributed by atoms with Gasteiger partial charge in [-0.05, 0) is 46.5 Å². The summed E-state index contributed by atoms with van der Waals surface area (Å²) in [7, 11) is 1.29. The number of ether oxygens (including phenoxy) is 2. The quantitative estimate of drug-likeness (QED) is 0.523. The van der Waals surface area contributed by atoms with Crippen LogP contribution >= 0.6 is 0 Å². The number of allylic oxidation sites excluding steroid dienone is 1. The van der Waals surface area contributed by atoms with Crippen molar-refractivity contribution in [1.29, 1.82) is 0 Å². The summed E-state index contributed by atoms with van der Waals surface area (Å²) in [5, 5.41) is 9.79. The van der Waals surface area contributed by atoms with Gasteiger partial charge in [0.2, 0.25) is 0 Å². The zero-order chi connectivity index (χ0) is 16.5. The average Bonchev–Trinajstić information content (AvgIpc) is 2.37. The van der Waals surface area contributed by atoms with Crippen LogP contribution in [0, 0.1) is 5.92 Å². The second kappa shape index (κ2) is 9.55. The van der Waals surface area contributed by atoms with Gasteiger partial charge in [-0.3, -0.25) is 9.59 Å². The average molecular weight is 300 g/mol. The number of hydrogen-bond acceptors (Lipinski definition) is 5. The Morgan fingerprint density at radius 3 is 2.33 bits per heavy atom. The minimum atomic E-state index is -0.582. The Bertz CT molecular complexity index is 343. The van der Waals surface area contributed by atoms with Crippen molar-refractivity contribution >= 4 is 11.9 Å². The van der Waals surface area contributed by atoms with E-state index in [9.17, 15) is 14.7 Å². The molecule has 0 aliphatic rings. The molecule has 0 saturated heterocycles. The Balaban J connectivity index is 4.43. The molecule has 0 aliphatic heterocycles. The molecule has 0 amide bonds. The normalized spacial score (nSPS) is 14.1. The Kier molecular flexibility index (Phi) is 8.93. The van der Waals surface area contributed by atoms with E-state index >= 15 is 0 Å². The van der Waals surface area contributed by atoms with Crippen LogP contribution in [0.15, 0.2) is 12.7 Å². The first-order valence-electron chi connectivity index (χ1n) is 7.28. The van der Waals surface area contributed by atoms with Crippen LogP contribution in [0.2, 0.25) is 0 Å². The second-order valence-corrected chi connectivity index (χ2v) is 6.11. The minimum Gasteiger partial charge on any atom is -0.469 e. The third kappa shape index (κ3) is 10.1. The lowest BCUT2D eigenvalue weighted by Crippen LogP contribution is -2.28. The van der Waals surface area contributed by atoms with Gasteiger partial charge in [0.1, 0.15) is 5.60 Å². The van der Waals surface area contributed by atoms with E-state index in [1.165, 1.54) is 7.11 Å². The molecule has 0 rings (SSSR count). The van der Waals surface area contributed by atoms with Gasteiger partial charge < -0.3 is 14.6 Å². The van der Waals surface area contributed by atoms with E-state index in [-0.39, 0.29) is 6.42 Å². The SMILES string of the molecule is C=CCCC(O)CCC(CC(=O)OC(C)(C)C)C(=O)OC. The highest BCUT2D eigenvalue weighted by Crippen LogP contribution is 2.19. The molecule has 5 nitrogen and oxygen atoms in total. The molecule has 0 heterocycles. The Labute approximate surface area is 127 Å². The lowest BCUT2D eigenvalue weighted by atomic mass is 9.96. The van der Waals surface area contributed by atoms with Gasteiger partial charge in [-0.2, -0.15) is 0 Å². The Hall–Kier alpha value is -1.36.